The molecule has 1 aromatic rings. The predicted octanol–water partition coefficient (Wildman–Crippen LogP) is 2.56. The fourth-order valence-electron chi connectivity index (χ4n) is 1.99. The number of guanidine groups is 1. The fourth-order valence-corrected chi connectivity index (χ4v) is 1.99. The van der Waals surface area contributed by atoms with Gasteiger partial charge in [0.05, 0.1) is 13.2 Å². The third-order valence-corrected chi connectivity index (χ3v) is 3.34. The normalized spacial score (nSPS) is 16.6. The van der Waals surface area contributed by atoms with Crippen LogP contribution in [0.1, 0.15) is 32.3 Å². The topological polar surface area (TPSA) is 45.7 Å². The summed E-state index contributed by atoms with van der Waals surface area (Å²) in [6, 6.07) is 10.9. The Bertz CT molecular complexity index is 429. The largest absolute Gasteiger partial charge is 0.376 e. The molecule has 0 saturated heterocycles. The van der Waals surface area contributed by atoms with Crippen LogP contribution < -0.4 is 10.6 Å². The molecule has 0 aliphatic heterocycles. The van der Waals surface area contributed by atoms with Gasteiger partial charge in [-0.15, -0.1) is 0 Å². The number of nitrogens with one attached hydrogen (secondary N) is 2. The second kappa shape index (κ2) is 8.67. The van der Waals surface area contributed by atoms with Crippen molar-refractivity contribution in [1.29, 1.82) is 0 Å². The van der Waals surface area contributed by atoms with Crippen LogP contribution in [-0.2, 0) is 11.3 Å². The van der Waals surface area contributed by atoms with Gasteiger partial charge in [0.15, 0.2) is 5.96 Å². The molecule has 0 spiro atoms. The number of benzene rings is 1. The van der Waals surface area contributed by atoms with Gasteiger partial charge in [-0.25, -0.2) is 0 Å². The van der Waals surface area contributed by atoms with Gasteiger partial charge in [-0.05, 0) is 31.2 Å². The Labute approximate surface area is 128 Å². The number of hydrogen-bond acceptors (Lipinski definition) is 2. The molecule has 0 bridgehead atoms. The summed E-state index contributed by atoms with van der Waals surface area (Å²) in [6.45, 7) is 7.37. The summed E-state index contributed by atoms with van der Waals surface area (Å²) in [5.74, 6) is 1.36. The molecular formula is C17H27N3O. The van der Waals surface area contributed by atoms with Gasteiger partial charge in [0.2, 0.25) is 0 Å². The molecule has 0 radical (unpaired) electrons. The first-order valence-corrected chi connectivity index (χ1v) is 7.94. The monoisotopic (exact) mass is 289 g/mol. The predicted molar refractivity (Wildman–Crippen MR) is 87.4 cm³/mol. The van der Waals surface area contributed by atoms with Crippen LogP contribution in [0.2, 0.25) is 0 Å². The number of rotatable bonds is 8. The molecule has 1 aliphatic carbocycles. The van der Waals surface area contributed by atoms with Crippen LogP contribution in [0.15, 0.2) is 35.3 Å². The van der Waals surface area contributed by atoms with E-state index in [0.717, 1.165) is 25.7 Å². The van der Waals surface area contributed by atoms with Crippen molar-refractivity contribution in [3.05, 3.63) is 35.9 Å². The molecule has 4 heteroatoms. The molecule has 1 atom stereocenters. The highest BCUT2D eigenvalue weighted by molar-refractivity contribution is 5.80. The molecule has 1 fully saturated rings. The van der Waals surface area contributed by atoms with Gasteiger partial charge in [-0.2, -0.15) is 0 Å². The minimum Gasteiger partial charge on any atom is -0.376 e. The van der Waals surface area contributed by atoms with Gasteiger partial charge < -0.3 is 15.4 Å². The summed E-state index contributed by atoms with van der Waals surface area (Å²) in [6.07, 6.45) is 2.53. The molecule has 1 unspecified atom stereocenters. The van der Waals surface area contributed by atoms with Crippen molar-refractivity contribution in [3.8, 4) is 0 Å². The smallest absolute Gasteiger partial charge is 0.191 e. The number of nitrogens with zero attached hydrogens (tertiary/aromatic N) is 1. The zero-order chi connectivity index (χ0) is 14.9. The molecular weight excluding hydrogens is 262 g/mol. The maximum Gasteiger partial charge on any atom is 0.191 e. The van der Waals surface area contributed by atoms with Crippen LogP contribution in [0.3, 0.4) is 0 Å². The zero-order valence-electron chi connectivity index (χ0n) is 13.1. The first-order chi connectivity index (χ1) is 10.3. The van der Waals surface area contributed by atoms with E-state index in [1.54, 1.807) is 0 Å². The Balaban J connectivity index is 1.66. The van der Waals surface area contributed by atoms with E-state index < -0.39 is 0 Å². The Hall–Kier alpha value is -1.55. The van der Waals surface area contributed by atoms with Gasteiger partial charge >= 0.3 is 0 Å². The highest BCUT2D eigenvalue weighted by Gasteiger charge is 2.22. The Morgan fingerprint density at radius 2 is 2.10 bits per heavy atom. The van der Waals surface area contributed by atoms with Gasteiger partial charge in [0, 0.05) is 19.1 Å². The molecule has 2 rings (SSSR count). The third kappa shape index (κ3) is 6.63. The summed E-state index contributed by atoms with van der Waals surface area (Å²) < 4.78 is 5.76. The minimum absolute atomic E-state index is 0.420. The Kier molecular flexibility index (Phi) is 6.54. The Morgan fingerprint density at radius 3 is 2.76 bits per heavy atom. The molecule has 0 heterocycles. The van der Waals surface area contributed by atoms with Crippen molar-refractivity contribution in [1.82, 2.24) is 10.6 Å². The first-order valence-electron chi connectivity index (χ1n) is 7.94. The molecule has 2 N–H and O–H groups in total. The molecule has 1 aliphatic rings. The van der Waals surface area contributed by atoms with Crippen molar-refractivity contribution >= 4 is 5.96 Å². The van der Waals surface area contributed by atoms with Gasteiger partial charge in [-0.3, -0.25) is 4.99 Å². The van der Waals surface area contributed by atoms with Gasteiger partial charge in [-0.1, -0.05) is 37.3 Å². The van der Waals surface area contributed by atoms with Crippen LogP contribution in [0.25, 0.3) is 0 Å². The molecule has 4 nitrogen and oxygen atoms in total. The maximum atomic E-state index is 5.76. The molecule has 1 aromatic carbocycles. The first kappa shape index (κ1) is 15.8. The number of ether oxygens (including phenoxy) is 1. The molecule has 1 saturated carbocycles. The van der Waals surface area contributed by atoms with Crippen LogP contribution in [0.5, 0.6) is 0 Å². The quantitative estimate of drug-likeness (QED) is 0.571. The second-order valence-electron chi connectivity index (χ2n) is 5.74. The van der Waals surface area contributed by atoms with Crippen LogP contribution >= 0.6 is 0 Å². The van der Waals surface area contributed by atoms with Crippen molar-refractivity contribution in [2.75, 3.05) is 19.7 Å². The molecule has 21 heavy (non-hydrogen) atoms. The number of hydrogen-bond donors (Lipinski definition) is 2. The van der Waals surface area contributed by atoms with Crippen molar-refractivity contribution in [3.63, 3.8) is 0 Å². The average Bonchev–Trinajstić information content (AvgIpc) is 3.30. The molecule has 116 valence electrons. The van der Waals surface area contributed by atoms with E-state index in [1.165, 1.54) is 18.4 Å². The summed E-state index contributed by atoms with van der Waals surface area (Å²) in [5, 5.41) is 6.72. The van der Waals surface area contributed by atoms with E-state index >= 15 is 0 Å². The van der Waals surface area contributed by atoms with E-state index in [4.69, 9.17) is 4.74 Å². The average molecular weight is 289 g/mol. The van der Waals surface area contributed by atoms with Crippen LogP contribution in [0.4, 0.5) is 0 Å². The van der Waals surface area contributed by atoms with E-state index in [-0.39, 0.29) is 0 Å². The zero-order valence-corrected chi connectivity index (χ0v) is 13.1. The van der Waals surface area contributed by atoms with Gasteiger partial charge in [0.1, 0.15) is 0 Å². The summed E-state index contributed by atoms with van der Waals surface area (Å²) in [4.78, 5) is 4.63. The van der Waals surface area contributed by atoms with E-state index in [9.17, 15) is 0 Å². The summed E-state index contributed by atoms with van der Waals surface area (Å²) in [5.41, 5.74) is 1.22. The lowest BCUT2D eigenvalue weighted by Gasteiger charge is -2.13. The van der Waals surface area contributed by atoms with Crippen LogP contribution in [0, 0.1) is 5.92 Å². The van der Waals surface area contributed by atoms with E-state index in [0.29, 0.717) is 18.6 Å². The standard InChI is InChI=1S/C17H27N3O/c1-3-18-17(20-16-9-10-16)19-11-14(2)12-21-13-15-7-5-4-6-8-15/h4-8,14,16H,3,9-13H2,1-2H3,(H2,18,19,20). The lowest BCUT2D eigenvalue weighted by atomic mass is 10.2. The highest BCUT2D eigenvalue weighted by Crippen LogP contribution is 2.18. The molecule has 0 amide bonds. The molecule has 0 aromatic heterocycles. The maximum absolute atomic E-state index is 5.76. The second-order valence-corrected chi connectivity index (χ2v) is 5.74. The van der Waals surface area contributed by atoms with Gasteiger partial charge in [0.25, 0.3) is 0 Å². The summed E-state index contributed by atoms with van der Waals surface area (Å²) >= 11 is 0. The number of aliphatic imine (C=N–C) groups is 1. The highest BCUT2D eigenvalue weighted by atomic mass is 16.5. The van der Waals surface area contributed by atoms with Crippen molar-refractivity contribution in [2.45, 2.75) is 39.3 Å². The van der Waals surface area contributed by atoms with E-state index in [1.807, 2.05) is 18.2 Å². The van der Waals surface area contributed by atoms with Crippen molar-refractivity contribution < 1.29 is 4.74 Å². The Morgan fingerprint density at radius 1 is 1.33 bits per heavy atom. The lowest BCUT2D eigenvalue weighted by Crippen LogP contribution is -2.38. The van der Waals surface area contributed by atoms with Crippen molar-refractivity contribution in [2.24, 2.45) is 10.9 Å². The SMILES string of the molecule is CCNC(=NCC(C)COCc1ccccc1)NC1CC1. The minimum atomic E-state index is 0.420. The van der Waals surface area contributed by atoms with Crippen LogP contribution in [-0.4, -0.2) is 31.7 Å². The fraction of sp³-hybridized carbons (Fsp3) is 0.588. The third-order valence-electron chi connectivity index (χ3n) is 3.34. The lowest BCUT2D eigenvalue weighted by molar-refractivity contribution is 0.0945. The van der Waals surface area contributed by atoms with E-state index in [2.05, 4.69) is 41.6 Å². The summed E-state index contributed by atoms with van der Waals surface area (Å²) in [7, 11) is 0.